The first kappa shape index (κ1) is 10.3. The summed E-state index contributed by atoms with van der Waals surface area (Å²) in [6, 6.07) is 5.51. The minimum absolute atomic E-state index is 0.0756. The van der Waals surface area contributed by atoms with Gasteiger partial charge in [0.1, 0.15) is 0 Å². The molecule has 7 nitrogen and oxygen atoms in total. The molecule has 0 bridgehead atoms. The summed E-state index contributed by atoms with van der Waals surface area (Å²) in [5.74, 6) is 0. The largest absolute Gasteiger partial charge is 0.399 e. The van der Waals surface area contributed by atoms with Crippen LogP contribution in [0.15, 0.2) is 42.9 Å². The van der Waals surface area contributed by atoms with E-state index in [9.17, 15) is 14.7 Å². The fraction of sp³-hybridized carbons (Fsp3) is 0. The van der Waals surface area contributed by atoms with Crippen molar-refractivity contribution >= 4 is 16.3 Å². The highest BCUT2D eigenvalue weighted by Gasteiger charge is 2.30. The van der Waals surface area contributed by atoms with Gasteiger partial charge in [-0.25, -0.2) is 0 Å². The Bertz CT molecular complexity index is 344. The molecule has 0 aliphatic rings. The molecule has 0 heterocycles. The number of nitrogens with two attached hydrogens (primary N) is 1. The van der Waals surface area contributed by atoms with Gasteiger partial charge in [-0.3, -0.25) is 0 Å². The van der Waals surface area contributed by atoms with Crippen molar-refractivity contribution in [3.05, 3.63) is 39.0 Å². The van der Waals surface area contributed by atoms with Crippen LogP contribution in [-0.2, 0) is 0 Å². The van der Waals surface area contributed by atoms with E-state index in [1.54, 1.807) is 0 Å². The van der Waals surface area contributed by atoms with Crippen LogP contribution in [0.3, 0.4) is 0 Å². The molecule has 0 saturated heterocycles. The lowest BCUT2D eigenvalue weighted by Crippen LogP contribution is -1.90. The lowest BCUT2D eigenvalue weighted by Gasteiger charge is -2.13. The van der Waals surface area contributed by atoms with E-state index in [4.69, 9.17) is 5.73 Å². The maximum atomic E-state index is 10.3. The zero-order valence-corrected chi connectivity index (χ0v) is 7.68. The van der Waals surface area contributed by atoms with E-state index in [0.29, 0.717) is 5.69 Å². The molecule has 0 fully saturated rings. The zero-order chi connectivity index (χ0) is 10.6. The average molecular weight is 214 g/mol. The lowest BCUT2D eigenvalue weighted by molar-refractivity contribution is 1.37. The number of nitrogen functional groups attached to an aromatic ring is 1. The summed E-state index contributed by atoms with van der Waals surface area (Å²) in [4.78, 5) is 31.1. The average Bonchev–Trinajstić information content (AvgIpc) is 2.24. The number of nitrogens with zero attached hydrogens (tertiary/aromatic N) is 3. The molecule has 0 unspecified atom stereocenters. The topological polar surface area (TPSA) is 114 Å². The number of anilines is 1. The SMILES string of the molecule is Nc1ccc(S(N=O)(N=O)N=O)cc1. The molecule has 0 radical (unpaired) electrons. The van der Waals surface area contributed by atoms with Gasteiger partial charge >= 0.3 is 0 Å². The molecule has 1 aromatic rings. The maximum Gasteiger partial charge on any atom is 0.197 e. The van der Waals surface area contributed by atoms with Crippen molar-refractivity contribution in [2.75, 3.05) is 5.73 Å². The second-order valence-electron chi connectivity index (χ2n) is 2.31. The van der Waals surface area contributed by atoms with Gasteiger partial charge in [-0.2, -0.15) is 0 Å². The number of hydrogen-bond acceptors (Lipinski definition) is 7. The van der Waals surface area contributed by atoms with Crippen LogP contribution in [0.25, 0.3) is 0 Å². The highest BCUT2D eigenvalue weighted by Crippen LogP contribution is 2.59. The first-order valence-electron chi connectivity index (χ1n) is 3.41. The van der Waals surface area contributed by atoms with Crippen molar-refractivity contribution in [1.29, 1.82) is 0 Å². The molecule has 1 aromatic carbocycles. The Hall–Kier alpha value is -1.83. The van der Waals surface area contributed by atoms with Crippen molar-refractivity contribution in [3.63, 3.8) is 0 Å². The minimum Gasteiger partial charge on any atom is -0.399 e. The van der Waals surface area contributed by atoms with Crippen LogP contribution in [0.1, 0.15) is 0 Å². The van der Waals surface area contributed by atoms with Crippen molar-refractivity contribution < 1.29 is 0 Å². The van der Waals surface area contributed by atoms with Gasteiger partial charge < -0.3 is 5.73 Å². The second-order valence-corrected chi connectivity index (χ2v) is 4.27. The molecular weight excluding hydrogens is 208 g/mol. The van der Waals surface area contributed by atoms with E-state index < -0.39 is 10.6 Å². The van der Waals surface area contributed by atoms with Crippen molar-refractivity contribution in [2.45, 2.75) is 4.90 Å². The highest BCUT2D eigenvalue weighted by molar-refractivity contribution is 8.30. The smallest absolute Gasteiger partial charge is 0.197 e. The molecule has 2 N–H and O–H groups in total. The second kappa shape index (κ2) is 3.92. The number of benzene rings is 1. The minimum atomic E-state index is -3.35. The van der Waals surface area contributed by atoms with Crippen molar-refractivity contribution in [1.82, 2.24) is 0 Å². The summed E-state index contributed by atoms with van der Waals surface area (Å²) in [6.07, 6.45) is 0. The molecule has 0 spiro atoms. The van der Waals surface area contributed by atoms with Crippen LogP contribution < -0.4 is 5.73 Å². The van der Waals surface area contributed by atoms with Crippen LogP contribution in [0.4, 0.5) is 5.69 Å². The van der Waals surface area contributed by atoms with Crippen LogP contribution in [0, 0.1) is 14.7 Å². The lowest BCUT2D eigenvalue weighted by atomic mass is 10.3. The normalized spacial score (nSPS) is 11.7. The number of hydrogen-bond donors (Lipinski definition) is 1. The van der Waals surface area contributed by atoms with E-state index in [-0.39, 0.29) is 4.90 Å². The molecule has 8 heteroatoms. The molecule has 0 amide bonds. The quantitative estimate of drug-likeness (QED) is 0.612. The van der Waals surface area contributed by atoms with Gasteiger partial charge in [0.15, 0.2) is 10.6 Å². The Labute approximate surface area is 80.3 Å². The summed E-state index contributed by atoms with van der Waals surface area (Å²) in [7, 11) is -3.35. The number of nitroso groups, excluding NO2 is 3. The van der Waals surface area contributed by atoms with Gasteiger partial charge in [0.2, 0.25) is 0 Å². The third kappa shape index (κ3) is 1.59. The fourth-order valence-corrected chi connectivity index (χ4v) is 1.66. The first-order chi connectivity index (χ1) is 6.68. The van der Waals surface area contributed by atoms with Crippen LogP contribution >= 0.6 is 10.6 Å². The predicted molar refractivity (Wildman–Crippen MR) is 54.1 cm³/mol. The molecule has 0 aliphatic carbocycles. The third-order valence-electron chi connectivity index (χ3n) is 1.51. The van der Waals surface area contributed by atoms with Gasteiger partial charge in [0.05, 0.1) is 4.90 Å². The van der Waals surface area contributed by atoms with Crippen molar-refractivity contribution in [2.24, 2.45) is 13.7 Å². The Morgan fingerprint density at radius 1 is 0.929 bits per heavy atom. The number of rotatable bonds is 4. The summed E-state index contributed by atoms with van der Waals surface area (Å²) in [6.45, 7) is 0. The Morgan fingerprint density at radius 3 is 1.71 bits per heavy atom. The summed E-state index contributed by atoms with van der Waals surface area (Å²) in [5.41, 5.74) is 5.81. The van der Waals surface area contributed by atoms with Gasteiger partial charge in [0, 0.05) is 19.4 Å². The fourth-order valence-electron chi connectivity index (χ4n) is 0.820. The standard InChI is InChI=1S/C6H6N4O3S/c7-5-1-3-6(4-2-5)14(8-11,9-12)10-13/h1-4H,7H2. The Balaban J connectivity index is 3.24. The molecule has 1 rings (SSSR count). The van der Waals surface area contributed by atoms with E-state index in [1.807, 2.05) is 0 Å². The third-order valence-corrected chi connectivity index (χ3v) is 3.04. The van der Waals surface area contributed by atoms with E-state index in [2.05, 4.69) is 13.7 Å². The summed E-state index contributed by atoms with van der Waals surface area (Å²) >= 11 is 0. The van der Waals surface area contributed by atoms with Gasteiger partial charge in [-0.05, 0) is 24.3 Å². The Morgan fingerprint density at radius 2 is 1.36 bits per heavy atom. The van der Waals surface area contributed by atoms with Crippen LogP contribution in [0.2, 0.25) is 0 Å². The molecule has 0 saturated carbocycles. The van der Waals surface area contributed by atoms with E-state index in [1.165, 1.54) is 24.3 Å². The van der Waals surface area contributed by atoms with E-state index in [0.717, 1.165) is 0 Å². The van der Waals surface area contributed by atoms with Gasteiger partial charge in [0.25, 0.3) is 0 Å². The zero-order valence-electron chi connectivity index (χ0n) is 6.86. The molecule has 0 atom stereocenters. The molecule has 74 valence electrons. The van der Waals surface area contributed by atoms with Crippen LogP contribution in [0.5, 0.6) is 0 Å². The highest BCUT2D eigenvalue weighted by atomic mass is 32.3. The van der Waals surface area contributed by atoms with E-state index >= 15 is 0 Å². The van der Waals surface area contributed by atoms with Crippen molar-refractivity contribution in [3.8, 4) is 0 Å². The molecule has 0 aromatic heterocycles. The Kier molecular flexibility index (Phi) is 2.87. The monoisotopic (exact) mass is 214 g/mol. The maximum absolute atomic E-state index is 10.3. The molecule has 0 aliphatic heterocycles. The van der Waals surface area contributed by atoms with Gasteiger partial charge in [-0.15, -0.1) is 14.7 Å². The molecule has 14 heavy (non-hydrogen) atoms. The summed E-state index contributed by atoms with van der Waals surface area (Å²) < 4.78 is 7.17. The predicted octanol–water partition coefficient (Wildman–Crippen LogP) is 2.48. The summed E-state index contributed by atoms with van der Waals surface area (Å²) in [5, 5.41) is 0. The van der Waals surface area contributed by atoms with Crippen LogP contribution in [-0.4, -0.2) is 0 Å². The molecular formula is C6H6N4O3S. The van der Waals surface area contributed by atoms with Gasteiger partial charge in [-0.1, -0.05) is 0 Å². The first-order valence-corrected chi connectivity index (χ1v) is 4.91.